The highest BCUT2D eigenvalue weighted by Gasteiger charge is 2.45. The number of carbonyl (C=O) groups is 3. The van der Waals surface area contributed by atoms with Crippen molar-refractivity contribution < 1.29 is 14.4 Å². The topological polar surface area (TPSA) is 94.1 Å². The number of hydrogen-bond acceptors (Lipinski definition) is 5. The molecular weight excluding hydrogens is 394 g/mol. The number of aliphatic imine (C=N–C) groups is 1. The van der Waals surface area contributed by atoms with Crippen molar-refractivity contribution in [3.05, 3.63) is 54.3 Å². The van der Waals surface area contributed by atoms with Gasteiger partial charge in [0, 0.05) is 30.5 Å². The van der Waals surface area contributed by atoms with Crippen LogP contribution in [-0.2, 0) is 9.59 Å². The highest BCUT2D eigenvalue weighted by molar-refractivity contribution is 6.12. The van der Waals surface area contributed by atoms with Crippen LogP contribution in [0.4, 0.5) is 5.69 Å². The highest BCUT2D eigenvalue weighted by Crippen LogP contribution is 2.29. The van der Waals surface area contributed by atoms with Gasteiger partial charge >= 0.3 is 0 Å². The first-order chi connectivity index (χ1) is 14.9. The number of hydrogen-bond donors (Lipinski definition) is 2. The SMILES string of the molecule is CCN(CC)CCNC(=O)c1ccc(NC(=O)C2(C)CC(=O)N=C3C=CC=CN32)cc1. The van der Waals surface area contributed by atoms with Crippen molar-refractivity contribution in [2.45, 2.75) is 32.7 Å². The molecule has 2 aliphatic heterocycles. The summed E-state index contributed by atoms with van der Waals surface area (Å²) >= 11 is 0. The minimum atomic E-state index is -1.09. The average molecular weight is 424 g/mol. The van der Waals surface area contributed by atoms with Crippen LogP contribution in [0, 0.1) is 0 Å². The number of nitrogens with one attached hydrogen (secondary N) is 2. The first kappa shape index (κ1) is 22.4. The van der Waals surface area contributed by atoms with Gasteiger partial charge in [-0.1, -0.05) is 19.9 Å². The summed E-state index contributed by atoms with van der Waals surface area (Å²) < 4.78 is 0. The van der Waals surface area contributed by atoms with Crippen LogP contribution in [0.2, 0.25) is 0 Å². The Morgan fingerprint density at radius 3 is 2.55 bits per heavy atom. The standard InChI is InChI=1S/C23H29N5O3/c1-4-27(5-2)15-13-24-21(30)17-9-11-18(12-10-17)25-22(31)23(3)16-20(29)26-19-8-6-7-14-28(19)23/h6-12,14H,4-5,13,15-16H2,1-3H3,(H,24,30)(H,25,31). The van der Waals surface area contributed by atoms with Gasteiger partial charge in [0.05, 0.1) is 6.42 Å². The minimum Gasteiger partial charge on any atom is -0.351 e. The van der Waals surface area contributed by atoms with E-state index in [1.54, 1.807) is 60.5 Å². The molecule has 0 saturated heterocycles. The third kappa shape index (κ3) is 5.08. The lowest BCUT2D eigenvalue weighted by atomic mass is 9.91. The molecule has 3 rings (SSSR count). The van der Waals surface area contributed by atoms with Crippen LogP contribution in [0.15, 0.2) is 53.7 Å². The van der Waals surface area contributed by atoms with Crippen LogP contribution in [0.5, 0.6) is 0 Å². The fraction of sp³-hybridized carbons (Fsp3) is 0.391. The molecule has 0 aliphatic carbocycles. The van der Waals surface area contributed by atoms with E-state index >= 15 is 0 Å². The molecule has 0 fully saturated rings. The lowest BCUT2D eigenvalue weighted by Crippen LogP contribution is -2.58. The van der Waals surface area contributed by atoms with Gasteiger partial charge in [0.2, 0.25) is 0 Å². The Kier molecular flexibility index (Phi) is 7.02. The van der Waals surface area contributed by atoms with Crippen LogP contribution in [-0.4, -0.2) is 65.1 Å². The lowest BCUT2D eigenvalue weighted by Gasteiger charge is -2.41. The molecule has 0 saturated carbocycles. The Morgan fingerprint density at radius 1 is 1.16 bits per heavy atom. The van der Waals surface area contributed by atoms with Gasteiger partial charge in [-0.2, -0.15) is 4.99 Å². The molecule has 3 amide bonds. The van der Waals surface area contributed by atoms with Gasteiger partial charge < -0.3 is 20.4 Å². The second-order valence-corrected chi connectivity index (χ2v) is 7.70. The van der Waals surface area contributed by atoms with Crippen LogP contribution < -0.4 is 10.6 Å². The van der Waals surface area contributed by atoms with E-state index in [1.807, 2.05) is 0 Å². The molecule has 0 spiro atoms. The molecule has 8 heteroatoms. The number of anilines is 1. The van der Waals surface area contributed by atoms with Crippen molar-refractivity contribution >= 4 is 29.2 Å². The van der Waals surface area contributed by atoms with E-state index in [2.05, 4.69) is 34.4 Å². The first-order valence-corrected chi connectivity index (χ1v) is 10.5. The predicted molar refractivity (Wildman–Crippen MR) is 121 cm³/mol. The summed E-state index contributed by atoms with van der Waals surface area (Å²) in [4.78, 5) is 45.4. The summed E-state index contributed by atoms with van der Waals surface area (Å²) in [5, 5.41) is 5.77. The van der Waals surface area contributed by atoms with Gasteiger partial charge in [0.25, 0.3) is 17.7 Å². The van der Waals surface area contributed by atoms with Gasteiger partial charge in [-0.15, -0.1) is 0 Å². The quantitative estimate of drug-likeness (QED) is 0.668. The molecule has 2 heterocycles. The highest BCUT2D eigenvalue weighted by atomic mass is 16.2. The molecule has 31 heavy (non-hydrogen) atoms. The summed E-state index contributed by atoms with van der Waals surface area (Å²) in [5.74, 6) is -0.348. The summed E-state index contributed by atoms with van der Waals surface area (Å²) in [6, 6.07) is 6.72. The average Bonchev–Trinajstić information content (AvgIpc) is 2.77. The van der Waals surface area contributed by atoms with Crippen molar-refractivity contribution in [3.8, 4) is 0 Å². The van der Waals surface area contributed by atoms with E-state index in [0.29, 0.717) is 23.6 Å². The second-order valence-electron chi connectivity index (χ2n) is 7.70. The lowest BCUT2D eigenvalue weighted by molar-refractivity contribution is -0.130. The third-order valence-electron chi connectivity index (χ3n) is 5.61. The van der Waals surface area contributed by atoms with Gasteiger partial charge in [-0.3, -0.25) is 14.4 Å². The maximum absolute atomic E-state index is 13.1. The van der Waals surface area contributed by atoms with E-state index in [4.69, 9.17) is 0 Å². The first-order valence-electron chi connectivity index (χ1n) is 10.5. The Labute approximate surface area is 182 Å². The van der Waals surface area contributed by atoms with E-state index in [9.17, 15) is 14.4 Å². The number of nitrogens with zero attached hydrogens (tertiary/aromatic N) is 3. The molecule has 8 nitrogen and oxygen atoms in total. The molecule has 1 atom stereocenters. The summed E-state index contributed by atoms with van der Waals surface area (Å²) in [5.41, 5.74) is -0.00955. The maximum atomic E-state index is 13.1. The number of allylic oxidation sites excluding steroid dienone is 2. The number of likely N-dealkylation sites (N-methyl/N-ethyl adjacent to an activating group) is 1. The molecular formula is C23H29N5O3. The molecule has 2 aliphatic rings. The Balaban J connectivity index is 1.62. The fourth-order valence-corrected chi connectivity index (χ4v) is 3.62. The summed E-state index contributed by atoms with van der Waals surface area (Å²) in [7, 11) is 0. The van der Waals surface area contributed by atoms with E-state index < -0.39 is 5.54 Å². The van der Waals surface area contributed by atoms with Gasteiger partial charge in [0.1, 0.15) is 11.4 Å². The van der Waals surface area contributed by atoms with Crippen molar-refractivity contribution in [3.63, 3.8) is 0 Å². The van der Waals surface area contributed by atoms with Crippen molar-refractivity contribution in [1.82, 2.24) is 15.1 Å². The number of amides is 3. The summed E-state index contributed by atoms with van der Waals surface area (Å²) in [6.45, 7) is 9.17. The Morgan fingerprint density at radius 2 is 1.87 bits per heavy atom. The number of benzene rings is 1. The number of amidine groups is 1. The molecule has 2 N–H and O–H groups in total. The number of rotatable bonds is 8. The van der Waals surface area contributed by atoms with E-state index in [0.717, 1.165) is 19.6 Å². The fourth-order valence-electron chi connectivity index (χ4n) is 3.62. The molecule has 0 bridgehead atoms. The van der Waals surface area contributed by atoms with Crippen LogP contribution in [0.3, 0.4) is 0 Å². The van der Waals surface area contributed by atoms with Gasteiger partial charge in [0.15, 0.2) is 0 Å². The molecule has 164 valence electrons. The predicted octanol–water partition coefficient (Wildman–Crippen LogP) is 2.17. The zero-order chi connectivity index (χ0) is 22.4. The molecule has 1 aromatic carbocycles. The smallest absolute Gasteiger partial charge is 0.251 e. The Bertz CT molecular complexity index is 931. The normalized spacial score (nSPS) is 19.8. The van der Waals surface area contributed by atoms with Crippen LogP contribution >= 0.6 is 0 Å². The zero-order valence-corrected chi connectivity index (χ0v) is 18.2. The number of carbonyl (C=O) groups excluding carboxylic acids is 3. The van der Waals surface area contributed by atoms with Crippen LogP contribution in [0.1, 0.15) is 37.6 Å². The van der Waals surface area contributed by atoms with Crippen molar-refractivity contribution in [2.75, 3.05) is 31.5 Å². The molecule has 1 aromatic rings. The van der Waals surface area contributed by atoms with Gasteiger partial charge in [-0.05, 0) is 56.4 Å². The summed E-state index contributed by atoms with van der Waals surface area (Å²) in [6.07, 6.45) is 7.01. The maximum Gasteiger partial charge on any atom is 0.251 e. The number of fused-ring (bicyclic) bond motifs is 1. The van der Waals surface area contributed by atoms with Gasteiger partial charge in [-0.25, -0.2) is 0 Å². The molecule has 0 aromatic heterocycles. The zero-order valence-electron chi connectivity index (χ0n) is 18.2. The Hall–Kier alpha value is -3.26. The third-order valence-corrected chi connectivity index (χ3v) is 5.61. The van der Waals surface area contributed by atoms with Crippen molar-refractivity contribution in [1.29, 1.82) is 0 Å². The minimum absolute atomic E-state index is 0.0203. The van der Waals surface area contributed by atoms with E-state index in [1.165, 1.54) is 0 Å². The molecule has 1 unspecified atom stereocenters. The largest absolute Gasteiger partial charge is 0.351 e. The monoisotopic (exact) mass is 423 g/mol. The van der Waals surface area contributed by atoms with E-state index in [-0.39, 0.29) is 24.1 Å². The van der Waals surface area contributed by atoms with Crippen LogP contribution in [0.25, 0.3) is 0 Å². The second kappa shape index (κ2) is 9.70. The molecule has 0 radical (unpaired) electrons. The van der Waals surface area contributed by atoms with Crippen molar-refractivity contribution in [2.24, 2.45) is 4.99 Å².